The Balaban J connectivity index is 1.64. The summed E-state index contributed by atoms with van der Waals surface area (Å²) in [5.41, 5.74) is 1.77. The topological polar surface area (TPSA) is 92.1 Å². The van der Waals surface area contributed by atoms with Gasteiger partial charge in [-0.3, -0.25) is 4.79 Å². The Kier molecular flexibility index (Phi) is 6.04. The first-order chi connectivity index (χ1) is 13.5. The first-order valence-electron chi connectivity index (χ1n) is 8.20. The first-order valence-corrected chi connectivity index (χ1v) is 9.45. The molecule has 6 nitrogen and oxygen atoms in total. The third-order valence-electron chi connectivity index (χ3n) is 3.70. The fraction of sp³-hybridized carbons (Fsp3) is 0.100. The largest absolute Gasteiger partial charge is 0.448 e. The molecular formula is C20H14ClN3O3S. The summed E-state index contributed by atoms with van der Waals surface area (Å²) in [4.78, 5) is 28.8. The molecule has 1 aromatic heterocycles. The van der Waals surface area contributed by atoms with Gasteiger partial charge >= 0.3 is 5.97 Å². The fourth-order valence-corrected chi connectivity index (χ4v) is 3.28. The zero-order chi connectivity index (χ0) is 20.1. The van der Waals surface area contributed by atoms with Crippen LogP contribution in [-0.4, -0.2) is 23.0 Å². The number of carbonyl (C=O) groups excluding carboxylic acids is 2. The number of esters is 1. The highest BCUT2D eigenvalue weighted by Crippen LogP contribution is 2.26. The second-order valence-corrected chi connectivity index (χ2v) is 7.07. The van der Waals surface area contributed by atoms with E-state index < -0.39 is 18.0 Å². The molecule has 2 aromatic carbocycles. The van der Waals surface area contributed by atoms with Crippen LogP contribution in [0.4, 0.5) is 5.69 Å². The van der Waals surface area contributed by atoms with Gasteiger partial charge < -0.3 is 10.1 Å². The SMILES string of the molecule is C[C@H](OC(=O)c1csc(-c2cccc(Cl)c2)n1)C(=O)Nc1cccc(C#N)c1. The number of ether oxygens (including phenoxy) is 1. The molecule has 0 aliphatic heterocycles. The number of aromatic nitrogens is 1. The number of hydrogen-bond donors (Lipinski definition) is 1. The molecular weight excluding hydrogens is 398 g/mol. The molecule has 0 aliphatic rings. The van der Waals surface area contributed by atoms with E-state index in [0.29, 0.717) is 21.3 Å². The molecule has 0 saturated carbocycles. The quantitative estimate of drug-likeness (QED) is 0.623. The van der Waals surface area contributed by atoms with Crippen LogP contribution in [0.15, 0.2) is 53.9 Å². The normalized spacial score (nSPS) is 11.3. The number of amides is 1. The molecule has 0 fully saturated rings. The molecule has 1 amide bonds. The van der Waals surface area contributed by atoms with Crippen LogP contribution < -0.4 is 5.32 Å². The Bertz CT molecular complexity index is 1070. The van der Waals surface area contributed by atoms with Gasteiger partial charge in [-0.2, -0.15) is 5.26 Å². The highest BCUT2D eigenvalue weighted by atomic mass is 35.5. The molecule has 0 spiro atoms. The maximum Gasteiger partial charge on any atom is 0.358 e. The van der Waals surface area contributed by atoms with E-state index in [1.54, 1.807) is 41.8 Å². The average molecular weight is 412 g/mol. The lowest BCUT2D eigenvalue weighted by Gasteiger charge is -2.12. The number of nitriles is 1. The lowest BCUT2D eigenvalue weighted by molar-refractivity contribution is -0.123. The van der Waals surface area contributed by atoms with Crippen molar-refractivity contribution in [1.29, 1.82) is 5.26 Å². The van der Waals surface area contributed by atoms with E-state index in [-0.39, 0.29) is 5.69 Å². The Morgan fingerprint density at radius 3 is 2.79 bits per heavy atom. The molecule has 0 bridgehead atoms. The van der Waals surface area contributed by atoms with E-state index in [1.165, 1.54) is 24.3 Å². The minimum absolute atomic E-state index is 0.117. The summed E-state index contributed by atoms with van der Waals surface area (Å²) in [6.45, 7) is 1.46. The van der Waals surface area contributed by atoms with Gasteiger partial charge in [0.05, 0.1) is 11.6 Å². The van der Waals surface area contributed by atoms with Crippen LogP contribution in [0.1, 0.15) is 23.0 Å². The maximum absolute atomic E-state index is 12.3. The molecule has 3 rings (SSSR count). The number of thiazole rings is 1. The van der Waals surface area contributed by atoms with Crippen LogP contribution >= 0.6 is 22.9 Å². The van der Waals surface area contributed by atoms with Crippen molar-refractivity contribution in [3.63, 3.8) is 0 Å². The minimum atomic E-state index is -1.03. The van der Waals surface area contributed by atoms with Crippen molar-refractivity contribution in [2.45, 2.75) is 13.0 Å². The third-order valence-corrected chi connectivity index (χ3v) is 4.82. The Morgan fingerprint density at radius 1 is 1.25 bits per heavy atom. The molecule has 3 aromatic rings. The second-order valence-electron chi connectivity index (χ2n) is 5.78. The van der Waals surface area contributed by atoms with Crippen molar-refractivity contribution >= 4 is 40.5 Å². The van der Waals surface area contributed by atoms with E-state index in [0.717, 1.165) is 5.56 Å². The first kappa shape index (κ1) is 19.5. The van der Waals surface area contributed by atoms with Gasteiger partial charge in [-0.05, 0) is 37.3 Å². The summed E-state index contributed by atoms with van der Waals surface area (Å²) in [7, 11) is 0. The molecule has 8 heteroatoms. The molecule has 1 atom stereocenters. The highest BCUT2D eigenvalue weighted by molar-refractivity contribution is 7.13. The van der Waals surface area contributed by atoms with Crippen molar-refractivity contribution < 1.29 is 14.3 Å². The summed E-state index contributed by atoms with van der Waals surface area (Å²) in [5, 5.41) is 14.3. The second kappa shape index (κ2) is 8.65. The minimum Gasteiger partial charge on any atom is -0.448 e. The number of carbonyl (C=O) groups is 2. The van der Waals surface area contributed by atoms with Gasteiger partial charge in [0.2, 0.25) is 0 Å². The van der Waals surface area contributed by atoms with Gasteiger partial charge in [0.1, 0.15) is 5.01 Å². The van der Waals surface area contributed by atoms with Gasteiger partial charge in [0.15, 0.2) is 11.8 Å². The number of nitrogens with one attached hydrogen (secondary N) is 1. The molecule has 0 aliphatic carbocycles. The lowest BCUT2D eigenvalue weighted by Crippen LogP contribution is -2.30. The molecule has 1 heterocycles. The van der Waals surface area contributed by atoms with Crippen molar-refractivity contribution in [3.05, 3.63) is 70.2 Å². The highest BCUT2D eigenvalue weighted by Gasteiger charge is 2.21. The molecule has 28 heavy (non-hydrogen) atoms. The summed E-state index contributed by atoms with van der Waals surface area (Å²) in [6.07, 6.45) is -1.03. The van der Waals surface area contributed by atoms with Crippen LogP contribution in [-0.2, 0) is 9.53 Å². The van der Waals surface area contributed by atoms with Crippen molar-refractivity contribution in [3.8, 4) is 16.6 Å². The van der Waals surface area contributed by atoms with E-state index in [9.17, 15) is 9.59 Å². The predicted octanol–water partition coefficient (Wildman–Crippen LogP) is 4.52. The number of halogens is 1. The van der Waals surface area contributed by atoms with Crippen molar-refractivity contribution in [2.75, 3.05) is 5.32 Å². The molecule has 0 unspecified atom stereocenters. The molecule has 0 saturated heterocycles. The van der Waals surface area contributed by atoms with E-state index in [1.807, 2.05) is 12.1 Å². The van der Waals surface area contributed by atoms with Crippen LogP contribution in [0.5, 0.6) is 0 Å². The van der Waals surface area contributed by atoms with Gasteiger partial charge in [-0.15, -0.1) is 11.3 Å². The Labute approximate surface area is 170 Å². The van der Waals surface area contributed by atoms with Gasteiger partial charge in [-0.1, -0.05) is 29.8 Å². The molecule has 140 valence electrons. The molecule has 0 radical (unpaired) electrons. The number of rotatable bonds is 5. The molecule has 1 N–H and O–H groups in total. The summed E-state index contributed by atoms with van der Waals surface area (Å²) < 4.78 is 5.20. The third kappa shape index (κ3) is 4.74. The van der Waals surface area contributed by atoms with Crippen LogP contribution in [0.3, 0.4) is 0 Å². The van der Waals surface area contributed by atoms with Crippen molar-refractivity contribution in [1.82, 2.24) is 4.98 Å². The average Bonchev–Trinajstić information content (AvgIpc) is 3.18. The van der Waals surface area contributed by atoms with Gasteiger partial charge in [0, 0.05) is 21.7 Å². The summed E-state index contributed by atoms with van der Waals surface area (Å²) in [5.74, 6) is -1.20. The number of nitrogens with zero attached hydrogens (tertiary/aromatic N) is 2. The van der Waals surface area contributed by atoms with E-state index in [4.69, 9.17) is 21.6 Å². The van der Waals surface area contributed by atoms with Crippen molar-refractivity contribution in [2.24, 2.45) is 0 Å². The summed E-state index contributed by atoms with van der Waals surface area (Å²) >= 11 is 7.26. The maximum atomic E-state index is 12.3. The zero-order valence-electron chi connectivity index (χ0n) is 14.7. The van der Waals surface area contributed by atoms with E-state index in [2.05, 4.69) is 10.3 Å². The van der Waals surface area contributed by atoms with Gasteiger partial charge in [0.25, 0.3) is 5.91 Å². The standard InChI is InChI=1S/C20H14ClN3O3S/c1-12(18(25)23-16-7-2-4-13(8-16)10-22)27-20(26)17-11-28-19(24-17)14-5-3-6-15(21)9-14/h2-9,11-12H,1H3,(H,23,25)/t12-/m0/s1. The predicted molar refractivity (Wildman–Crippen MR) is 107 cm³/mol. The summed E-state index contributed by atoms with van der Waals surface area (Å²) in [6, 6.07) is 15.6. The monoisotopic (exact) mass is 411 g/mol. The number of benzene rings is 2. The Hall–Kier alpha value is -3.21. The fourth-order valence-electron chi connectivity index (χ4n) is 2.31. The Morgan fingerprint density at radius 2 is 2.04 bits per heavy atom. The number of hydrogen-bond acceptors (Lipinski definition) is 6. The van der Waals surface area contributed by atoms with Crippen LogP contribution in [0.25, 0.3) is 10.6 Å². The van der Waals surface area contributed by atoms with Crippen LogP contribution in [0.2, 0.25) is 5.02 Å². The number of anilines is 1. The van der Waals surface area contributed by atoms with E-state index >= 15 is 0 Å². The van der Waals surface area contributed by atoms with Gasteiger partial charge in [-0.25, -0.2) is 9.78 Å². The lowest BCUT2D eigenvalue weighted by atomic mass is 10.2. The smallest absolute Gasteiger partial charge is 0.358 e. The zero-order valence-corrected chi connectivity index (χ0v) is 16.3. The van der Waals surface area contributed by atoms with Crippen LogP contribution in [0, 0.1) is 11.3 Å².